The van der Waals surface area contributed by atoms with Gasteiger partial charge in [-0.2, -0.15) is 4.57 Å². The van der Waals surface area contributed by atoms with E-state index in [1.54, 1.807) is 10.9 Å². The molecule has 18 atom stereocenters. The van der Waals surface area contributed by atoms with Gasteiger partial charge in [0.2, 0.25) is 53.9 Å². The first-order valence-corrected chi connectivity index (χ1v) is 32.6. The number of aliphatic hydroxyl groups excluding tert-OH is 2. The number of fused-ring (bicyclic) bond motifs is 10. The number of H-pyrrole nitrogens is 1. The van der Waals surface area contributed by atoms with Crippen LogP contribution in [0, 0.1) is 59.2 Å². The Hall–Kier alpha value is -6.29. The molecule has 6 aliphatic rings. The molecule has 6 aliphatic heterocycles. The van der Waals surface area contributed by atoms with E-state index in [-0.39, 0.29) is 76.7 Å². The van der Waals surface area contributed by atoms with Crippen LogP contribution in [-0.4, -0.2) is 129 Å². The van der Waals surface area contributed by atoms with E-state index in [1.165, 1.54) is 6.92 Å². The van der Waals surface area contributed by atoms with Crippen molar-refractivity contribution in [3.8, 4) is 0 Å². The molecule has 0 saturated carbocycles. The van der Waals surface area contributed by atoms with Crippen LogP contribution >= 0.6 is 7.82 Å². The number of carbonyl (C=O) groups excluding carboxylic acids is 7. The number of primary amides is 6. The first-order chi connectivity index (χ1) is 41.8. The van der Waals surface area contributed by atoms with Gasteiger partial charge in [-0.3, -0.25) is 42.6 Å². The van der Waals surface area contributed by atoms with Crippen LogP contribution in [0.15, 0.2) is 52.8 Å². The number of aryl methyl sites for hydroxylation is 2. The number of phosphoric acid groups is 1. The average molecular weight is 1280 g/mol. The monoisotopic (exact) mass is 1280 g/mol. The standard InChI is InChI=1S/C62H96N13O14P/c1-29-20-39-40(21-30(29)2)75(28-70-39)57-52(84)53(41(27-76)87-57)89-90(85,86)88-31(3)26-69-49(83)18-19-59(8)37(22-46(66)80)56-62(11)61(10,25-48(68)82)36(14-17-45(65)79)51(74-62)33(5)55-60(9,24-47(67)81)34(12-15-43(63)77)38(71-55)23-42-58(6,7)35(13-16-44(64)78)50(72-42)32(4)54(59)73-56/h20-21,23,28,31,34-37,41-42,50-53,56-57,71-74,76,84H,12-19,22,24-27H2,1-11H3,(H14,63,64,65,66,67,68,69,77,78,79,80,81,82,83,85,86)/p+1/b38-23-,54-32-,55-33-/t31-,34-,35-,36-,37+,41-,42+,50?,51+,52-,53-,56-,57+,59-,60+,61+,62+/m1/s1. The summed E-state index contributed by atoms with van der Waals surface area (Å²) in [6, 6.07) is 1.38. The molecule has 498 valence electrons. The molecule has 1 aromatic heterocycles. The molecular formula is C62H97N13O14P+. The fourth-order valence-corrected chi connectivity index (χ4v) is 17.8. The number of phosphoric ester groups is 1. The number of amides is 7. The van der Waals surface area contributed by atoms with E-state index in [1.807, 2.05) is 67.5 Å². The highest BCUT2D eigenvalue weighted by molar-refractivity contribution is 7.47. The van der Waals surface area contributed by atoms with Gasteiger partial charge >= 0.3 is 7.82 Å². The van der Waals surface area contributed by atoms with Crippen molar-refractivity contribution < 1.29 is 71.6 Å². The van der Waals surface area contributed by atoms with E-state index in [4.69, 9.17) is 48.2 Å². The third-order valence-corrected chi connectivity index (χ3v) is 22.9. The molecule has 0 radical (unpaired) electrons. The summed E-state index contributed by atoms with van der Waals surface area (Å²) in [5, 5.41) is 40.2. The Morgan fingerprint density at radius 1 is 0.767 bits per heavy atom. The Morgan fingerprint density at radius 2 is 1.37 bits per heavy atom. The number of aromatic amines is 1. The van der Waals surface area contributed by atoms with Crippen LogP contribution in [0.1, 0.15) is 150 Å². The van der Waals surface area contributed by atoms with Crippen LogP contribution in [0.3, 0.4) is 0 Å². The molecule has 27 nitrogen and oxygen atoms in total. The number of aromatic nitrogens is 2. The van der Waals surface area contributed by atoms with E-state index < -0.39 is 156 Å². The molecule has 1 aromatic carbocycles. The summed E-state index contributed by atoms with van der Waals surface area (Å²) < 4.78 is 32.4. The normalized spacial score (nSPS) is 36.8. The number of nitrogens with two attached hydrogens (primary N) is 6. The van der Waals surface area contributed by atoms with E-state index in [9.17, 15) is 53.2 Å². The third kappa shape index (κ3) is 13.2. The third-order valence-electron chi connectivity index (χ3n) is 21.8. The van der Waals surface area contributed by atoms with E-state index in [2.05, 4.69) is 51.5 Å². The number of allylic oxidation sites excluding steroid dienone is 3. The maximum Gasteiger partial charge on any atom is 0.472 e. The molecule has 5 saturated heterocycles. The Balaban J connectivity index is 1.17. The van der Waals surface area contributed by atoms with Crippen LogP contribution in [0.5, 0.6) is 0 Å². The molecule has 5 fully saturated rings. The van der Waals surface area contributed by atoms with Crippen LogP contribution in [-0.2, 0) is 51.9 Å². The van der Waals surface area contributed by atoms with Gasteiger partial charge in [0.05, 0.1) is 12.7 Å². The quantitative estimate of drug-likeness (QED) is 0.0464. The summed E-state index contributed by atoms with van der Waals surface area (Å²) in [4.78, 5) is 108. The Morgan fingerprint density at radius 3 is 1.97 bits per heavy atom. The van der Waals surface area contributed by atoms with Crippen molar-refractivity contribution >= 4 is 60.2 Å². The minimum absolute atomic E-state index is 0.0291. The fraction of sp³-hybridized carbons (Fsp3) is 0.677. The second kappa shape index (κ2) is 26.0. The number of carbonyl (C=O) groups is 7. The lowest BCUT2D eigenvalue weighted by Crippen LogP contribution is -2.64. The van der Waals surface area contributed by atoms with Crippen LogP contribution < -0.4 is 65.6 Å². The average Bonchev–Trinajstić information content (AvgIpc) is 1.53. The highest BCUT2D eigenvalue weighted by Crippen LogP contribution is 2.62. The minimum Gasteiger partial charge on any atom is -0.394 e. The molecule has 28 heteroatoms. The number of imidazole rings is 1. The Labute approximate surface area is 525 Å². The van der Waals surface area contributed by atoms with E-state index in [0.717, 1.165) is 22.2 Å². The zero-order valence-corrected chi connectivity index (χ0v) is 54.6. The maximum absolute atomic E-state index is 14.4. The van der Waals surface area contributed by atoms with Crippen molar-refractivity contribution in [3.05, 3.63) is 63.9 Å². The zero-order valence-electron chi connectivity index (χ0n) is 53.7. The van der Waals surface area contributed by atoms with Crippen molar-refractivity contribution in [3.63, 3.8) is 0 Å². The predicted octanol–water partition coefficient (Wildman–Crippen LogP) is 1.13. The van der Waals surface area contributed by atoms with Crippen LogP contribution in [0.4, 0.5) is 0 Å². The number of nitrogens with zero attached hydrogens (tertiary/aromatic N) is 1. The summed E-state index contributed by atoms with van der Waals surface area (Å²) in [6.45, 7) is 20.2. The van der Waals surface area contributed by atoms with Crippen molar-refractivity contribution in [2.45, 2.75) is 207 Å². The number of hydrogen-bond acceptors (Lipinski definition) is 17. The second-order valence-corrected chi connectivity index (χ2v) is 29.3. The van der Waals surface area contributed by atoms with Gasteiger partial charge in [-0.15, -0.1) is 0 Å². The lowest BCUT2D eigenvalue weighted by atomic mass is 9.56. The molecule has 0 spiro atoms. The van der Waals surface area contributed by atoms with Crippen molar-refractivity contribution in [1.82, 2.24) is 31.6 Å². The summed E-state index contributed by atoms with van der Waals surface area (Å²) in [5.41, 5.74) is 38.0. The molecule has 21 N–H and O–H groups in total. The first kappa shape index (κ1) is 69.6. The fourth-order valence-electron chi connectivity index (χ4n) is 16.7. The first-order valence-electron chi connectivity index (χ1n) is 31.1. The van der Waals surface area contributed by atoms with Crippen LogP contribution in [0.2, 0.25) is 0 Å². The SMILES string of the molecule is C/C1=C2/N[C@H]([C@H](CC(N)=O)[C@@]2(C)CCC(=O)NC[C@@H](C)OP(=O)(O)O[C@H]2[C@@H](O)[C@@H]([n+]3c[nH]c4cc(C)c(C)cc43)O[C@@H]2CO)[C@]2(C)N[C@@H](/C(C)=C3\N/C(=C\[C@@H]4NC1[C@@H](CCC(N)=O)C4(C)C)[C@@H](CCC(N)=O)[C@]3(C)CC(N)=O)[C@@H](CCC(N)=O)[C@]2(C)CC(N)=O. The van der Waals surface area contributed by atoms with Gasteiger partial charge in [-0.1, -0.05) is 34.6 Å². The number of aliphatic hydroxyl groups is 2. The summed E-state index contributed by atoms with van der Waals surface area (Å²) >= 11 is 0. The molecule has 7 amide bonds. The minimum atomic E-state index is -5.04. The summed E-state index contributed by atoms with van der Waals surface area (Å²) in [6.07, 6.45) is -2.96. The lowest BCUT2D eigenvalue weighted by molar-refractivity contribution is -0.743. The summed E-state index contributed by atoms with van der Waals surface area (Å²) in [5.74, 6) is -6.23. The Kier molecular flexibility index (Phi) is 20.1. The van der Waals surface area contributed by atoms with Gasteiger partial charge in [0.15, 0.2) is 11.0 Å². The highest BCUT2D eigenvalue weighted by atomic mass is 31.2. The van der Waals surface area contributed by atoms with Crippen molar-refractivity contribution in [1.29, 1.82) is 0 Å². The molecule has 0 aliphatic carbocycles. The number of hydrogen-bond donors (Lipinski definition) is 15. The number of benzene rings is 1. The van der Waals surface area contributed by atoms with Gasteiger partial charge in [-0.25, -0.2) is 9.55 Å². The molecule has 2 unspecified atom stereocenters. The van der Waals surface area contributed by atoms with Gasteiger partial charge in [0.25, 0.3) is 0 Å². The molecule has 90 heavy (non-hydrogen) atoms. The van der Waals surface area contributed by atoms with Crippen LogP contribution in [0.25, 0.3) is 11.0 Å². The molecule has 8 bridgehead atoms. The van der Waals surface area contributed by atoms with Crippen molar-refractivity contribution in [2.75, 3.05) is 13.2 Å². The van der Waals surface area contributed by atoms with Gasteiger partial charge in [0.1, 0.15) is 18.3 Å². The zero-order chi connectivity index (χ0) is 66.7. The lowest BCUT2D eigenvalue weighted by Gasteiger charge is -2.49. The highest BCUT2D eigenvalue weighted by Gasteiger charge is 2.68. The number of nitrogens with one attached hydrogen (secondary N) is 6. The van der Waals surface area contributed by atoms with E-state index >= 15 is 0 Å². The largest absolute Gasteiger partial charge is 0.472 e. The smallest absolute Gasteiger partial charge is 0.394 e. The topological polar surface area (TPSA) is 461 Å². The predicted molar refractivity (Wildman–Crippen MR) is 331 cm³/mol. The summed E-state index contributed by atoms with van der Waals surface area (Å²) in [7, 11) is -5.04. The van der Waals surface area contributed by atoms with E-state index in [0.29, 0.717) is 34.6 Å². The molecule has 8 rings (SSSR count). The molecule has 7 heterocycles. The van der Waals surface area contributed by atoms with Gasteiger partial charge < -0.3 is 80.8 Å². The maximum atomic E-state index is 14.4. The molecule has 2 aromatic rings. The number of rotatable bonds is 26. The van der Waals surface area contributed by atoms with Gasteiger partial charge in [0, 0.05) is 126 Å². The van der Waals surface area contributed by atoms with Crippen molar-refractivity contribution in [2.24, 2.45) is 79.7 Å². The second-order valence-electron chi connectivity index (χ2n) is 28.0. The molecular weight excluding hydrogens is 1180 g/mol. The van der Waals surface area contributed by atoms with Gasteiger partial charge in [-0.05, 0) is 125 Å². The Bertz CT molecular complexity index is 3330. The number of ether oxygens (including phenoxy) is 1.